The normalized spacial score (nSPS) is 29.6. The molecule has 1 aromatic rings. The van der Waals surface area contributed by atoms with Crippen molar-refractivity contribution in [1.82, 2.24) is 5.32 Å². The molecule has 1 saturated heterocycles. The summed E-state index contributed by atoms with van der Waals surface area (Å²) < 4.78 is 0. The number of carboxylic acids is 1. The molecule has 5 heteroatoms. The molecule has 0 aromatic heterocycles. The molecule has 19 heavy (non-hydrogen) atoms. The van der Waals surface area contributed by atoms with Crippen LogP contribution in [0.3, 0.4) is 0 Å². The Kier molecular flexibility index (Phi) is 3.15. The number of nitrogens with one attached hydrogen (secondary N) is 1. The molecular weight excluding hydrogens is 264 g/mol. The lowest BCUT2D eigenvalue weighted by atomic mass is 9.74. The zero-order valence-electron chi connectivity index (χ0n) is 10.8. The highest BCUT2D eigenvalue weighted by molar-refractivity contribution is 6.30. The van der Waals surface area contributed by atoms with Gasteiger partial charge in [-0.05, 0) is 36.7 Å². The highest BCUT2D eigenvalue weighted by Crippen LogP contribution is 2.44. The first kappa shape index (κ1) is 12.8. The van der Waals surface area contributed by atoms with E-state index in [4.69, 9.17) is 11.6 Å². The Bertz CT molecular complexity index is 520. The first-order valence-corrected chi connectivity index (χ1v) is 6.93. The summed E-state index contributed by atoms with van der Waals surface area (Å²) in [4.78, 5) is 13.9. The van der Waals surface area contributed by atoms with Gasteiger partial charge in [0.15, 0.2) is 0 Å². The van der Waals surface area contributed by atoms with Crippen LogP contribution in [-0.4, -0.2) is 37.3 Å². The van der Waals surface area contributed by atoms with E-state index in [-0.39, 0.29) is 12.0 Å². The fourth-order valence-corrected chi connectivity index (χ4v) is 3.69. The lowest BCUT2D eigenvalue weighted by molar-refractivity contribution is -0.140. The maximum absolute atomic E-state index is 11.7. The second-order valence-corrected chi connectivity index (χ2v) is 5.79. The van der Waals surface area contributed by atoms with E-state index < -0.39 is 11.9 Å². The van der Waals surface area contributed by atoms with Crippen molar-refractivity contribution in [3.63, 3.8) is 0 Å². The second kappa shape index (κ2) is 4.69. The molecule has 3 unspecified atom stereocenters. The molecule has 0 aliphatic carbocycles. The Labute approximate surface area is 117 Å². The summed E-state index contributed by atoms with van der Waals surface area (Å²) in [6.45, 7) is 1.69. The largest absolute Gasteiger partial charge is 0.481 e. The number of fused-ring (bicyclic) bond motifs is 2. The quantitative estimate of drug-likeness (QED) is 0.825. The van der Waals surface area contributed by atoms with Crippen molar-refractivity contribution in [2.45, 2.75) is 18.4 Å². The monoisotopic (exact) mass is 280 g/mol. The van der Waals surface area contributed by atoms with Crippen LogP contribution >= 0.6 is 11.6 Å². The van der Waals surface area contributed by atoms with E-state index in [0.717, 1.165) is 30.8 Å². The van der Waals surface area contributed by atoms with Crippen LogP contribution in [0.25, 0.3) is 0 Å². The third-order valence-corrected chi connectivity index (χ3v) is 4.62. The van der Waals surface area contributed by atoms with E-state index in [1.807, 2.05) is 19.2 Å². The molecule has 0 bridgehead atoms. The van der Waals surface area contributed by atoms with Crippen molar-refractivity contribution in [3.05, 3.63) is 28.8 Å². The molecule has 102 valence electrons. The Hall–Kier alpha value is -1.26. The Morgan fingerprint density at radius 2 is 2.32 bits per heavy atom. The zero-order valence-corrected chi connectivity index (χ0v) is 11.5. The molecule has 2 aliphatic rings. The van der Waals surface area contributed by atoms with Crippen molar-refractivity contribution >= 4 is 23.3 Å². The van der Waals surface area contributed by atoms with Crippen molar-refractivity contribution in [2.24, 2.45) is 5.92 Å². The fourth-order valence-electron chi connectivity index (χ4n) is 3.51. The number of rotatable bonds is 1. The van der Waals surface area contributed by atoms with Gasteiger partial charge in [-0.3, -0.25) is 4.79 Å². The number of benzene rings is 1. The van der Waals surface area contributed by atoms with Gasteiger partial charge >= 0.3 is 5.97 Å². The molecule has 4 nitrogen and oxygen atoms in total. The van der Waals surface area contributed by atoms with E-state index in [0.29, 0.717) is 5.02 Å². The Morgan fingerprint density at radius 1 is 1.53 bits per heavy atom. The Balaban J connectivity index is 2.13. The predicted octanol–water partition coefficient (Wildman–Crippen LogP) is 1.94. The first-order chi connectivity index (χ1) is 9.09. The predicted molar refractivity (Wildman–Crippen MR) is 75.0 cm³/mol. The molecule has 3 atom stereocenters. The van der Waals surface area contributed by atoms with Gasteiger partial charge in [-0.25, -0.2) is 0 Å². The maximum Gasteiger partial charge on any atom is 0.311 e. The first-order valence-electron chi connectivity index (χ1n) is 6.55. The minimum atomic E-state index is -0.754. The van der Waals surface area contributed by atoms with Gasteiger partial charge in [-0.1, -0.05) is 11.6 Å². The van der Waals surface area contributed by atoms with Crippen LogP contribution in [0.5, 0.6) is 0 Å². The molecule has 2 aliphatic heterocycles. The van der Waals surface area contributed by atoms with Crippen LogP contribution in [0.2, 0.25) is 5.02 Å². The van der Waals surface area contributed by atoms with E-state index >= 15 is 0 Å². The van der Waals surface area contributed by atoms with Gasteiger partial charge in [-0.2, -0.15) is 0 Å². The number of piperidine rings is 1. The fraction of sp³-hybridized carbons (Fsp3) is 0.500. The van der Waals surface area contributed by atoms with Crippen LogP contribution < -0.4 is 10.2 Å². The summed E-state index contributed by atoms with van der Waals surface area (Å²) in [5.74, 6) is -1.12. The van der Waals surface area contributed by atoms with Gasteiger partial charge in [0, 0.05) is 36.3 Å². The molecule has 0 radical (unpaired) electrons. The number of carbonyl (C=O) groups is 1. The summed E-state index contributed by atoms with van der Waals surface area (Å²) in [7, 11) is 2.05. The molecule has 2 heterocycles. The van der Waals surface area contributed by atoms with Gasteiger partial charge in [-0.15, -0.1) is 0 Å². The number of nitrogens with zero attached hydrogens (tertiary/aromatic N) is 1. The van der Waals surface area contributed by atoms with Crippen molar-refractivity contribution in [3.8, 4) is 0 Å². The molecule has 0 saturated carbocycles. The molecule has 1 fully saturated rings. The van der Waals surface area contributed by atoms with Crippen LogP contribution in [0.1, 0.15) is 17.9 Å². The molecular formula is C14H17ClN2O2. The van der Waals surface area contributed by atoms with E-state index in [1.54, 1.807) is 6.07 Å². The topological polar surface area (TPSA) is 52.6 Å². The highest BCUT2D eigenvalue weighted by Gasteiger charge is 2.44. The minimum absolute atomic E-state index is 0.0993. The number of anilines is 1. The van der Waals surface area contributed by atoms with Crippen molar-refractivity contribution in [1.29, 1.82) is 0 Å². The van der Waals surface area contributed by atoms with Crippen LogP contribution in [0.4, 0.5) is 5.69 Å². The summed E-state index contributed by atoms with van der Waals surface area (Å²) in [5.41, 5.74) is 1.84. The van der Waals surface area contributed by atoms with Gasteiger partial charge < -0.3 is 15.3 Å². The zero-order chi connectivity index (χ0) is 13.6. The third kappa shape index (κ3) is 1.99. The molecule has 0 spiro atoms. The van der Waals surface area contributed by atoms with Crippen LogP contribution in [0.15, 0.2) is 18.2 Å². The SMILES string of the molecule is CN1c2ccc(Cl)cc2C(C(=O)O)C2CNCCC21. The van der Waals surface area contributed by atoms with Gasteiger partial charge in [0.25, 0.3) is 0 Å². The number of carboxylic acid groups (broad SMARTS) is 1. The standard InChI is InChI=1S/C14H17ClN2O2/c1-17-11-3-2-8(15)6-9(11)13(14(18)19)10-7-16-5-4-12(10)17/h2-3,6,10,12-13,16H,4-5,7H2,1H3,(H,18,19). The van der Waals surface area contributed by atoms with Gasteiger partial charge in [0.1, 0.15) is 0 Å². The lowest BCUT2D eigenvalue weighted by Gasteiger charge is -2.47. The number of aliphatic carboxylic acids is 1. The number of hydrogen-bond donors (Lipinski definition) is 2. The molecule has 0 amide bonds. The second-order valence-electron chi connectivity index (χ2n) is 5.35. The van der Waals surface area contributed by atoms with Gasteiger partial charge in [0.05, 0.1) is 5.92 Å². The molecule has 3 rings (SSSR count). The maximum atomic E-state index is 11.7. The highest BCUT2D eigenvalue weighted by atomic mass is 35.5. The average Bonchev–Trinajstić information content (AvgIpc) is 2.38. The lowest BCUT2D eigenvalue weighted by Crippen LogP contribution is -2.54. The number of hydrogen-bond acceptors (Lipinski definition) is 3. The van der Waals surface area contributed by atoms with E-state index in [2.05, 4.69) is 10.2 Å². The van der Waals surface area contributed by atoms with E-state index in [1.165, 1.54) is 0 Å². The Morgan fingerprint density at radius 3 is 3.05 bits per heavy atom. The molecule has 1 aromatic carbocycles. The summed E-state index contributed by atoms with van der Waals surface area (Å²) >= 11 is 6.04. The van der Waals surface area contributed by atoms with Crippen molar-refractivity contribution < 1.29 is 9.90 Å². The van der Waals surface area contributed by atoms with Gasteiger partial charge in [0.2, 0.25) is 0 Å². The average molecular weight is 281 g/mol. The molecule has 2 N–H and O–H groups in total. The summed E-state index contributed by atoms with van der Waals surface area (Å²) in [5, 5.41) is 13.5. The smallest absolute Gasteiger partial charge is 0.311 e. The summed E-state index contributed by atoms with van der Waals surface area (Å²) in [6.07, 6.45) is 0.979. The third-order valence-electron chi connectivity index (χ3n) is 4.39. The van der Waals surface area contributed by atoms with Crippen molar-refractivity contribution in [2.75, 3.05) is 25.0 Å². The van der Waals surface area contributed by atoms with Crippen LogP contribution in [-0.2, 0) is 4.79 Å². The summed E-state index contributed by atoms with van der Waals surface area (Å²) in [6, 6.07) is 5.86. The van der Waals surface area contributed by atoms with Crippen LogP contribution in [0, 0.1) is 5.92 Å². The number of halogens is 1. The minimum Gasteiger partial charge on any atom is -0.481 e. The van der Waals surface area contributed by atoms with E-state index in [9.17, 15) is 9.90 Å².